The van der Waals surface area contributed by atoms with E-state index in [0.717, 1.165) is 13.0 Å². The van der Waals surface area contributed by atoms with Gasteiger partial charge in [0.05, 0.1) is 0 Å². The van der Waals surface area contributed by atoms with Crippen molar-refractivity contribution >= 4 is 0 Å². The molecule has 1 N–H and O–H groups in total. The second-order valence-electron chi connectivity index (χ2n) is 4.70. The van der Waals surface area contributed by atoms with Gasteiger partial charge in [0.25, 0.3) is 0 Å². The zero-order valence-corrected chi connectivity index (χ0v) is 10.9. The van der Waals surface area contributed by atoms with E-state index in [-0.39, 0.29) is 0 Å². The molecule has 2 unspecified atom stereocenters. The van der Waals surface area contributed by atoms with Gasteiger partial charge in [0.1, 0.15) is 0 Å². The molecule has 0 aromatic heterocycles. The van der Waals surface area contributed by atoms with Crippen molar-refractivity contribution in [1.82, 2.24) is 10.2 Å². The van der Waals surface area contributed by atoms with Crippen LogP contribution in [0, 0.1) is 0 Å². The standard InChI is InChI=1S/C14H24N2/c1-5-12(2)15-14(11-16(3)4)13-9-7-6-8-10-13/h6-10,12,14-15H,5,11H2,1-4H3. The summed E-state index contributed by atoms with van der Waals surface area (Å²) in [6.07, 6.45) is 1.16. The number of rotatable bonds is 6. The number of benzene rings is 1. The summed E-state index contributed by atoms with van der Waals surface area (Å²) in [6.45, 7) is 5.50. The third-order valence-corrected chi connectivity index (χ3v) is 2.85. The van der Waals surface area contributed by atoms with Crippen molar-refractivity contribution in [2.24, 2.45) is 0 Å². The highest BCUT2D eigenvalue weighted by Gasteiger charge is 2.13. The zero-order valence-electron chi connectivity index (χ0n) is 10.9. The molecule has 90 valence electrons. The topological polar surface area (TPSA) is 15.3 Å². The highest BCUT2D eigenvalue weighted by atomic mass is 15.1. The Balaban J connectivity index is 2.71. The maximum atomic E-state index is 3.67. The summed E-state index contributed by atoms with van der Waals surface area (Å²) >= 11 is 0. The molecule has 1 aromatic rings. The van der Waals surface area contributed by atoms with Crippen molar-refractivity contribution < 1.29 is 0 Å². The van der Waals surface area contributed by atoms with Crippen LogP contribution in [0.2, 0.25) is 0 Å². The molecule has 1 rings (SSSR count). The first kappa shape index (κ1) is 13.2. The molecule has 2 heteroatoms. The van der Waals surface area contributed by atoms with Gasteiger partial charge in [-0.1, -0.05) is 37.3 Å². The molecule has 0 saturated carbocycles. The molecule has 0 amide bonds. The van der Waals surface area contributed by atoms with Crippen LogP contribution in [0.3, 0.4) is 0 Å². The van der Waals surface area contributed by atoms with E-state index in [1.165, 1.54) is 5.56 Å². The van der Waals surface area contributed by atoms with E-state index in [0.29, 0.717) is 12.1 Å². The van der Waals surface area contributed by atoms with E-state index in [2.05, 4.69) is 68.5 Å². The highest BCUT2D eigenvalue weighted by molar-refractivity contribution is 5.19. The first-order valence-corrected chi connectivity index (χ1v) is 6.09. The van der Waals surface area contributed by atoms with E-state index >= 15 is 0 Å². The Labute approximate surface area is 99.7 Å². The monoisotopic (exact) mass is 220 g/mol. The molecular formula is C14H24N2. The van der Waals surface area contributed by atoms with E-state index in [9.17, 15) is 0 Å². The second-order valence-corrected chi connectivity index (χ2v) is 4.70. The largest absolute Gasteiger partial charge is 0.308 e. The molecule has 2 nitrogen and oxygen atoms in total. The molecular weight excluding hydrogens is 196 g/mol. The number of nitrogens with one attached hydrogen (secondary N) is 1. The molecule has 0 fully saturated rings. The SMILES string of the molecule is CCC(C)NC(CN(C)C)c1ccccc1. The van der Waals surface area contributed by atoms with Crippen LogP contribution in [0.4, 0.5) is 0 Å². The Morgan fingerprint density at radius 1 is 1.19 bits per heavy atom. The van der Waals surface area contributed by atoms with Crippen LogP contribution in [0.5, 0.6) is 0 Å². The van der Waals surface area contributed by atoms with Crippen LogP contribution in [0.1, 0.15) is 31.9 Å². The van der Waals surface area contributed by atoms with Crippen molar-refractivity contribution in [2.45, 2.75) is 32.4 Å². The normalized spacial score (nSPS) is 15.1. The Morgan fingerprint density at radius 3 is 2.31 bits per heavy atom. The number of likely N-dealkylation sites (N-methyl/N-ethyl adjacent to an activating group) is 1. The average Bonchev–Trinajstić information content (AvgIpc) is 2.28. The summed E-state index contributed by atoms with van der Waals surface area (Å²) in [4.78, 5) is 2.23. The van der Waals surface area contributed by atoms with Crippen molar-refractivity contribution in [2.75, 3.05) is 20.6 Å². The summed E-state index contributed by atoms with van der Waals surface area (Å²) in [7, 11) is 4.24. The fraction of sp³-hybridized carbons (Fsp3) is 0.571. The highest BCUT2D eigenvalue weighted by Crippen LogP contribution is 2.14. The van der Waals surface area contributed by atoms with Crippen LogP contribution in [0.25, 0.3) is 0 Å². The van der Waals surface area contributed by atoms with Gasteiger partial charge in [-0.05, 0) is 33.0 Å². The lowest BCUT2D eigenvalue weighted by Gasteiger charge is -2.26. The van der Waals surface area contributed by atoms with E-state index < -0.39 is 0 Å². The Hall–Kier alpha value is -0.860. The number of hydrogen-bond acceptors (Lipinski definition) is 2. The minimum absolute atomic E-state index is 0.422. The fourth-order valence-electron chi connectivity index (χ4n) is 1.77. The molecule has 0 aliphatic carbocycles. The van der Waals surface area contributed by atoms with Gasteiger partial charge in [0.2, 0.25) is 0 Å². The molecule has 0 bridgehead atoms. The first-order valence-electron chi connectivity index (χ1n) is 6.09. The summed E-state index contributed by atoms with van der Waals surface area (Å²) in [6, 6.07) is 11.7. The van der Waals surface area contributed by atoms with Crippen molar-refractivity contribution in [3.8, 4) is 0 Å². The van der Waals surface area contributed by atoms with Crippen LogP contribution in [-0.2, 0) is 0 Å². The predicted molar refractivity (Wildman–Crippen MR) is 70.6 cm³/mol. The Kier molecular flexibility index (Phi) is 5.50. The smallest absolute Gasteiger partial charge is 0.0451 e. The zero-order chi connectivity index (χ0) is 12.0. The molecule has 0 spiro atoms. The predicted octanol–water partition coefficient (Wildman–Crippen LogP) is 2.68. The van der Waals surface area contributed by atoms with Crippen molar-refractivity contribution in [1.29, 1.82) is 0 Å². The summed E-state index contributed by atoms with van der Waals surface area (Å²) in [5.74, 6) is 0. The third-order valence-electron chi connectivity index (χ3n) is 2.85. The van der Waals surface area contributed by atoms with Gasteiger partial charge in [-0.25, -0.2) is 0 Å². The molecule has 2 atom stereocenters. The Bertz CT molecular complexity index is 282. The van der Waals surface area contributed by atoms with Crippen molar-refractivity contribution in [3.63, 3.8) is 0 Å². The van der Waals surface area contributed by atoms with Crippen LogP contribution in [-0.4, -0.2) is 31.6 Å². The Morgan fingerprint density at radius 2 is 1.81 bits per heavy atom. The molecule has 16 heavy (non-hydrogen) atoms. The van der Waals surface area contributed by atoms with E-state index in [4.69, 9.17) is 0 Å². The average molecular weight is 220 g/mol. The van der Waals surface area contributed by atoms with Gasteiger partial charge in [0, 0.05) is 18.6 Å². The lowest BCUT2D eigenvalue weighted by atomic mass is 10.1. The minimum Gasteiger partial charge on any atom is -0.308 e. The third kappa shape index (κ3) is 4.33. The molecule has 0 aliphatic heterocycles. The van der Waals surface area contributed by atoms with Gasteiger partial charge < -0.3 is 10.2 Å². The van der Waals surface area contributed by atoms with E-state index in [1.54, 1.807) is 0 Å². The fourth-order valence-corrected chi connectivity index (χ4v) is 1.77. The van der Waals surface area contributed by atoms with Gasteiger partial charge >= 0.3 is 0 Å². The second kappa shape index (κ2) is 6.66. The van der Waals surface area contributed by atoms with Crippen LogP contribution >= 0.6 is 0 Å². The molecule has 0 aliphatic rings. The van der Waals surface area contributed by atoms with Crippen LogP contribution < -0.4 is 5.32 Å². The van der Waals surface area contributed by atoms with Crippen molar-refractivity contribution in [3.05, 3.63) is 35.9 Å². The molecule has 0 radical (unpaired) electrons. The molecule has 0 heterocycles. The summed E-state index contributed by atoms with van der Waals surface area (Å²) in [5, 5.41) is 3.67. The maximum absolute atomic E-state index is 3.67. The summed E-state index contributed by atoms with van der Waals surface area (Å²) in [5.41, 5.74) is 1.37. The molecule has 0 saturated heterocycles. The number of nitrogens with zero attached hydrogens (tertiary/aromatic N) is 1. The summed E-state index contributed by atoms with van der Waals surface area (Å²) < 4.78 is 0. The first-order chi connectivity index (χ1) is 7.63. The maximum Gasteiger partial charge on any atom is 0.0451 e. The lowest BCUT2D eigenvalue weighted by molar-refractivity contribution is 0.321. The molecule has 1 aromatic carbocycles. The van der Waals surface area contributed by atoms with Gasteiger partial charge in [-0.3, -0.25) is 0 Å². The van der Waals surface area contributed by atoms with Gasteiger partial charge in [0.15, 0.2) is 0 Å². The van der Waals surface area contributed by atoms with Gasteiger partial charge in [-0.15, -0.1) is 0 Å². The quantitative estimate of drug-likeness (QED) is 0.793. The number of hydrogen-bond donors (Lipinski definition) is 1. The lowest BCUT2D eigenvalue weighted by Crippen LogP contribution is -2.36. The van der Waals surface area contributed by atoms with E-state index in [1.807, 2.05) is 0 Å². The van der Waals surface area contributed by atoms with Crippen LogP contribution in [0.15, 0.2) is 30.3 Å². The minimum atomic E-state index is 0.422. The van der Waals surface area contributed by atoms with Gasteiger partial charge in [-0.2, -0.15) is 0 Å².